The minimum absolute atomic E-state index is 0.447. The van der Waals surface area contributed by atoms with E-state index in [0.29, 0.717) is 0 Å². The number of hydrogen-bond donors (Lipinski definition) is 0. The smallest absolute Gasteiger partial charge is 0.118 e. The zero-order valence-corrected chi connectivity index (χ0v) is 19.0. The lowest BCUT2D eigenvalue weighted by molar-refractivity contribution is 1.20. The van der Waals surface area contributed by atoms with Gasteiger partial charge < -0.3 is 0 Å². The van der Waals surface area contributed by atoms with Crippen molar-refractivity contribution in [3.05, 3.63) is 0 Å². The van der Waals surface area contributed by atoms with Crippen molar-refractivity contribution in [1.82, 2.24) is 0 Å². The Morgan fingerprint density at radius 2 is 0.941 bits per heavy atom. The second kappa shape index (κ2) is 4.86. The van der Waals surface area contributed by atoms with E-state index in [-0.39, 0.29) is 0 Å². The van der Waals surface area contributed by atoms with E-state index in [0.717, 1.165) is 0 Å². The van der Waals surface area contributed by atoms with Crippen LogP contribution in [0.15, 0.2) is 0 Å². The molecule has 0 unspecified atom stereocenters. The van der Waals surface area contributed by atoms with Crippen LogP contribution >= 0.6 is 21.8 Å². The van der Waals surface area contributed by atoms with E-state index in [1.165, 1.54) is 0 Å². The molecule has 0 aliphatic heterocycles. The van der Waals surface area contributed by atoms with Gasteiger partial charge in [-0.05, 0) is 3.91 Å². The highest BCUT2D eigenvalue weighted by molar-refractivity contribution is 14.1. The van der Waals surface area contributed by atoms with Crippen LogP contribution in [-0.2, 0) is 0 Å². The molecule has 17 heavy (non-hydrogen) atoms. The number of hydrogen-bond acceptors (Lipinski definition) is 0. The summed E-state index contributed by atoms with van der Waals surface area (Å²) >= 11 is 2.00. The maximum Gasteiger partial charge on any atom is 0.118 e. The highest BCUT2D eigenvalue weighted by Crippen LogP contribution is 2.61. The number of halogens is 1. The molecular weight excluding hydrogens is 383 g/mol. The molecule has 0 aliphatic rings. The van der Waals surface area contributed by atoms with Crippen LogP contribution in [0, 0.1) is 0 Å². The molecule has 0 spiro atoms. The topological polar surface area (TPSA) is 0 Å². The quantitative estimate of drug-likeness (QED) is 0.296. The second-order valence-corrected chi connectivity index (χ2v) is 33.8. The third-order valence-corrected chi connectivity index (χ3v) is 42.3. The summed E-state index contributed by atoms with van der Waals surface area (Å²) in [6.45, 7) is 15.1. The molecule has 0 aromatic carbocycles. The third kappa shape index (κ3) is 3.03. The summed E-state index contributed by atoms with van der Waals surface area (Å²) in [6.07, 6.45) is 0. The third-order valence-electron chi connectivity index (χ3n) is 3.89. The average molecular weight is 423 g/mol. The molecule has 5 heteroatoms. The maximum absolute atomic E-state index is 8.33. The average Bonchev–Trinajstić information content (AvgIpc) is 2.05. The van der Waals surface area contributed by atoms with Crippen molar-refractivity contribution in [2.75, 3.05) is 0 Å². The van der Waals surface area contributed by atoms with Crippen LogP contribution in [0.2, 0.25) is 75.8 Å². The molecule has 0 atom stereocenters. The zero-order chi connectivity index (χ0) is 19.5. The van der Waals surface area contributed by atoms with Crippen LogP contribution < -0.4 is 0 Å². The zero-order valence-electron chi connectivity index (χ0n) is 18.9. The molecule has 0 rings (SSSR count). The summed E-state index contributed by atoms with van der Waals surface area (Å²) in [7, 11) is -6.32. The normalized spacial score (nSPS) is 22.9. The molecule has 0 amide bonds. The fourth-order valence-corrected chi connectivity index (χ4v) is 66.2. The van der Waals surface area contributed by atoms with E-state index in [9.17, 15) is 0 Å². The fraction of sp³-hybridized carbons (Fsp3) is 1.00. The van der Waals surface area contributed by atoms with Crippen LogP contribution in [0.3, 0.4) is 0 Å². The van der Waals surface area contributed by atoms with Gasteiger partial charge in [0.1, 0.15) is 5.57 Å². The molecule has 0 radical (unpaired) electrons. The van der Waals surface area contributed by atoms with Crippen molar-refractivity contribution in [2.24, 2.45) is 0 Å². The Hall–Kier alpha value is 1.60. The van der Waals surface area contributed by atoms with Crippen LogP contribution in [0.1, 0.15) is 8.22 Å². The van der Waals surface area contributed by atoms with E-state index in [4.69, 9.17) is 8.22 Å². The first-order valence-corrected chi connectivity index (χ1v) is 21.8. The summed E-state index contributed by atoms with van der Waals surface area (Å²) in [5.41, 5.74) is -3.68. The first kappa shape index (κ1) is 10.3. The molecule has 0 heterocycles. The van der Waals surface area contributed by atoms with Gasteiger partial charge in [-0.15, -0.1) is 21.8 Å². The Bertz CT molecular complexity index is 389. The van der Waals surface area contributed by atoms with Crippen molar-refractivity contribution in [3.8, 4) is 0 Å². The Morgan fingerprint density at radius 1 is 0.706 bits per heavy atom. The number of rotatable bonds is 4. The maximum atomic E-state index is 8.33. The lowest BCUT2D eigenvalue weighted by Gasteiger charge is -2.64. The van der Waals surface area contributed by atoms with Crippen molar-refractivity contribution in [1.29, 1.82) is 0 Å². The highest BCUT2D eigenvalue weighted by atomic mass is 127. The minimum atomic E-state index is -3.68. The molecule has 0 saturated carbocycles. The molecule has 0 aromatic heterocycles. The first-order valence-electron chi connectivity index (χ1n) is 9.19. The second-order valence-electron chi connectivity index (χ2n) is 8.16. The van der Waals surface area contributed by atoms with E-state index >= 15 is 0 Å². The summed E-state index contributed by atoms with van der Waals surface area (Å²) in [5.74, 6) is 0. The predicted octanol–water partition coefficient (Wildman–Crippen LogP) is 6.00. The summed E-state index contributed by atoms with van der Waals surface area (Å²) in [5, 5.41) is 0. The molecule has 104 valence electrons. The van der Waals surface area contributed by atoms with Gasteiger partial charge in [0.15, 0.2) is 0 Å². The molecule has 0 aromatic rings. The monoisotopic (exact) mass is 422 g/mol. The molecule has 0 bridgehead atoms. The first-order chi connectivity index (χ1) is 9.50. The summed E-state index contributed by atoms with van der Waals surface area (Å²) < 4.78 is 49.5. The molecule has 0 aliphatic carbocycles. The Labute approximate surface area is 135 Å². The van der Waals surface area contributed by atoms with Gasteiger partial charge in [-0.25, -0.2) is 0 Å². The molecule has 0 nitrogen and oxygen atoms in total. The SMILES string of the molecule is [2H]C([2H])([2H])[Si](I)(C([2H])([2H])[2H])C([Si](C)(C)C)([Si](C)(C)C)[Si](C)(C)C. The van der Waals surface area contributed by atoms with Crippen molar-refractivity contribution in [2.45, 2.75) is 75.8 Å². The van der Waals surface area contributed by atoms with Gasteiger partial charge in [-0.1, -0.05) is 71.9 Å². The van der Waals surface area contributed by atoms with Crippen molar-refractivity contribution < 1.29 is 8.22 Å². The van der Waals surface area contributed by atoms with Crippen LogP contribution in [-0.4, -0.2) is 29.8 Å². The Balaban J connectivity index is 7.46. The van der Waals surface area contributed by atoms with Gasteiger partial charge in [0.2, 0.25) is 0 Å². The van der Waals surface area contributed by atoms with Crippen LogP contribution in [0.25, 0.3) is 0 Å². The summed E-state index contributed by atoms with van der Waals surface area (Å²) in [4.78, 5) is 0. The van der Waals surface area contributed by atoms with Crippen molar-refractivity contribution in [3.63, 3.8) is 0 Å². The van der Waals surface area contributed by atoms with Gasteiger partial charge in [0, 0.05) is 32.4 Å². The van der Waals surface area contributed by atoms with Crippen molar-refractivity contribution >= 4 is 51.6 Å². The molecule has 0 N–H and O–H groups in total. The highest BCUT2D eigenvalue weighted by Gasteiger charge is 2.66. The van der Waals surface area contributed by atoms with Crippen LogP contribution in [0.5, 0.6) is 0 Å². The largest absolute Gasteiger partial charge is 0.120 e. The fourth-order valence-electron chi connectivity index (χ4n) is 4.93. The van der Waals surface area contributed by atoms with Gasteiger partial charge in [-0.2, -0.15) is 0 Å². The Kier molecular flexibility index (Phi) is 2.95. The van der Waals surface area contributed by atoms with Gasteiger partial charge >= 0.3 is 0 Å². The van der Waals surface area contributed by atoms with Crippen LogP contribution in [0.4, 0.5) is 0 Å². The summed E-state index contributed by atoms with van der Waals surface area (Å²) in [6, 6.07) is 0. The molecule has 0 saturated heterocycles. The van der Waals surface area contributed by atoms with E-state index in [1.807, 2.05) is 21.8 Å². The van der Waals surface area contributed by atoms with E-state index < -0.39 is 46.7 Å². The standard InChI is InChI=1S/C12H33ISi4/c1-14(2,3)12(15(4,5)6,16(7,8)9)17(10,11)13/h1-11H3/i10D3,11D3. The van der Waals surface area contributed by atoms with Gasteiger partial charge in [-0.3, -0.25) is 0 Å². The lowest BCUT2D eigenvalue weighted by Crippen LogP contribution is -2.74. The molecular formula is C12H33ISi4. The predicted molar refractivity (Wildman–Crippen MR) is 104 cm³/mol. The minimum Gasteiger partial charge on any atom is -0.120 e. The van der Waals surface area contributed by atoms with Gasteiger partial charge in [0.25, 0.3) is 0 Å². The molecule has 0 fully saturated rings. The van der Waals surface area contributed by atoms with E-state index in [1.54, 1.807) is 0 Å². The Morgan fingerprint density at radius 3 is 1.00 bits per heavy atom. The van der Waals surface area contributed by atoms with E-state index in [2.05, 4.69) is 58.9 Å². The van der Waals surface area contributed by atoms with Gasteiger partial charge in [0.05, 0.1) is 0 Å². The lowest BCUT2D eigenvalue weighted by atomic mass is 11.6.